The lowest BCUT2D eigenvalue weighted by atomic mass is 10.3. The Hall–Kier alpha value is -0.830. The van der Waals surface area contributed by atoms with Gasteiger partial charge >= 0.3 is 0 Å². The molecule has 0 aliphatic heterocycles. The fraction of sp³-hybridized carbons (Fsp3) is 0.667. The fourth-order valence-corrected chi connectivity index (χ4v) is 0.792. The van der Waals surface area contributed by atoms with Crippen molar-refractivity contribution in [3.8, 4) is 0 Å². The number of amides is 1. The molecule has 12 heavy (non-hydrogen) atoms. The molecule has 1 N–H and O–H groups in total. The Kier molecular flexibility index (Phi) is 6.38. The van der Waals surface area contributed by atoms with Crippen molar-refractivity contribution in [3.63, 3.8) is 0 Å². The number of nitrogens with one attached hydrogen (secondary N) is 1. The van der Waals surface area contributed by atoms with Crippen LogP contribution in [-0.4, -0.2) is 31.1 Å². The Morgan fingerprint density at radius 2 is 2.33 bits per heavy atom. The molecule has 0 unspecified atom stereocenters. The van der Waals surface area contributed by atoms with Gasteiger partial charge in [0.15, 0.2) is 0 Å². The maximum Gasteiger partial charge on any atom is 0.244 e. The average Bonchev–Trinajstić information content (AvgIpc) is 2.10. The molecule has 0 bridgehead atoms. The van der Waals surface area contributed by atoms with E-state index in [0.29, 0.717) is 6.67 Å². The van der Waals surface area contributed by atoms with Gasteiger partial charge in [-0.3, -0.25) is 9.69 Å². The third kappa shape index (κ3) is 5.92. The van der Waals surface area contributed by atoms with Crippen molar-refractivity contribution >= 4 is 5.91 Å². The van der Waals surface area contributed by atoms with Crippen molar-refractivity contribution in [3.05, 3.63) is 12.7 Å². The molecule has 70 valence electrons. The van der Waals surface area contributed by atoms with Crippen LogP contribution >= 0.6 is 0 Å². The number of carbonyl (C=O) groups excluding carboxylic acids is 1. The van der Waals surface area contributed by atoms with Crippen molar-refractivity contribution in [1.82, 2.24) is 10.2 Å². The first kappa shape index (κ1) is 11.2. The normalized spacial score (nSPS) is 9.92. The van der Waals surface area contributed by atoms with Crippen molar-refractivity contribution in [1.29, 1.82) is 0 Å². The molecule has 0 saturated heterocycles. The number of hydrogen-bond donors (Lipinski definition) is 1. The van der Waals surface area contributed by atoms with E-state index < -0.39 is 0 Å². The summed E-state index contributed by atoms with van der Waals surface area (Å²) in [6.45, 7) is 7.14. The first-order valence-electron chi connectivity index (χ1n) is 4.29. The van der Waals surface area contributed by atoms with E-state index in [1.54, 1.807) is 0 Å². The Morgan fingerprint density at radius 1 is 1.67 bits per heavy atom. The van der Waals surface area contributed by atoms with Gasteiger partial charge in [-0.1, -0.05) is 19.9 Å². The molecule has 0 aromatic heterocycles. The lowest BCUT2D eigenvalue weighted by molar-refractivity contribution is -0.117. The predicted molar refractivity (Wildman–Crippen MR) is 50.7 cm³/mol. The Bertz CT molecular complexity index is 145. The molecule has 0 rings (SSSR count). The number of rotatable bonds is 6. The topological polar surface area (TPSA) is 32.3 Å². The molecule has 0 aromatic rings. The molecule has 0 heterocycles. The van der Waals surface area contributed by atoms with E-state index in [2.05, 4.69) is 23.7 Å². The van der Waals surface area contributed by atoms with Crippen LogP contribution in [0.15, 0.2) is 12.7 Å². The summed E-state index contributed by atoms with van der Waals surface area (Å²) >= 11 is 0. The van der Waals surface area contributed by atoms with Crippen LogP contribution in [0.4, 0.5) is 0 Å². The highest BCUT2D eigenvalue weighted by Crippen LogP contribution is 1.89. The second-order valence-electron chi connectivity index (χ2n) is 2.84. The smallest absolute Gasteiger partial charge is 0.244 e. The van der Waals surface area contributed by atoms with Crippen molar-refractivity contribution < 1.29 is 4.79 Å². The Labute approximate surface area is 74.4 Å². The van der Waals surface area contributed by atoms with Gasteiger partial charge in [-0.05, 0) is 26.1 Å². The minimum atomic E-state index is -0.113. The summed E-state index contributed by atoms with van der Waals surface area (Å²) in [5.74, 6) is -0.113. The molecular formula is C9H18N2O. The molecule has 0 saturated carbocycles. The average molecular weight is 170 g/mol. The SMILES string of the molecule is C=CC(=O)NCN(C)CCCC. The predicted octanol–water partition coefficient (Wildman–Crippen LogP) is 0.978. The second-order valence-corrected chi connectivity index (χ2v) is 2.84. The molecule has 0 aliphatic carbocycles. The molecule has 0 spiro atoms. The zero-order chi connectivity index (χ0) is 9.40. The largest absolute Gasteiger partial charge is 0.340 e. The van der Waals surface area contributed by atoms with Crippen LogP contribution < -0.4 is 5.32 Å². The summed E-state index contributed by atoms with van der Waals surface area (Å²) in [6, 6.07) is 0. The maximum atomic E-state index is 10.7. The Morgan fingerprint density at radius 3 is 2.83 bits per heavy atom. The van der Waals surface area contributed by atoms with Crippen molar-refractivity contribution in [2.45, 2.75) is 19.8 Å². The van der Waals surface area contributed by atoms with Gasteiger partial charge in [0.25, 0.3) is 0 Å². The van der Waals surface area contributed by atoms with Crippen molar-refractivity contribution in [2.75, 3.05) is 20.3 Å². The van der Waals surface area contributed by atoms with Gasteiger partial charge in [-0.15, -0.1) is 0 Å². The minimum absolute atomic E-state index is 0.113. The van der Waals surface area contributed by atoms with E-state index in [4.69, 9.17) is 0 Å². The second kappa shape index (κ2) is 6.85. The fourth-order valence-electron chi connectivity index (χ4n) is 0.792. The third-order valence-electron chi connectivity index (χ3n) is 1.60. The number of nitrogens with zero attached hydrogens (tertiary/aromatic N) is 1. The zero-order valence-corrected chi connectivity index (χ0v) is 7.97. The van der Waals surface area contributed by atoms with E-state index in [1.165, 1.54) is 18.9 Å². The monoisotopic (exact) mass is 170 g/mol. The molecule has 0 atom stereocenters. The van der Waals surface area contributed by atoms with Crippen LogP contribution in [0.3, 0.4) is 0 Å². The van der Waals surface area contributed by atoms with E-state index >= 15 is 0 Å². The molecule has 0 aliphatic rings. The molecule has 0 aromatic carbocycles. The van der Waals surface area contributed by atoms with Crippen LogP contribution in [-0.2, 0) is 4.79 Å². The highest BCUT2D eigenvalue weighted by molar-refractivity contribution is 5.86. The third-order valence-corrected chi connectivity index (χ3v) is 1.60. The molecule has 3 heteroatoms. The highest BCUT2D eigenvalue weighted by Gasteiger charge is 1.97. The van der Waals surface area contributed by atoms with Gasteiger partial charge in [0.05, 0.1) is 6.67 Å². The summed E-state index contributed by atoms with van der Waals surface area (Å²) < 4.78 is 0. The van der Waals surface area contributed by atoms with Gasteiger partial charge in [-0.2, -0.15) is 0 Å². The maximum absolute atomic E-state index is 10.7. The van der Waals surface area contributed by atoms with Gasteiger partial charge in [0.1, 0.15) is 0 Å². The van der Waals surface area contributed by atoms with Gasteiger partial charge in [-0.25, -0.2) is 0 Å². The molecular weight excluding hydrogens is 152 g/mol. The number of unbranched alkanes of at least 4 members (excludes halogenated alkanes) is 1. The van der Waals surface area contributed by atoms with Gasteiger partial charge in [0, 0.05) is 0 Å². The lowest BCUT2D eigenvalue weighted by Crippen LogP contribution is -2.34. The zero-order valence-electron chi connectivity index (χ0n) is 7.97. The summed E-state index contributed by atoms with van der Waals surface area (Å²) in [5.41, 5.74) is 0. The lowest BCUT2D eigenvalue weighted by Gasteiger charge is -2.15. The summed E-state index contributed by atoms with van der Waals surface area (Å²) in [4.78, 5) is 12.8. The summed E-state index contributed by atoms with van der Waals surface area (Å²) in [5, 5.41) is 2.71. The first-order valence-corrected chi connectivity index (χ1v) is 4.29. The van der Waals surface area contributed by atoms with Crippen LogP contribution in [0.25, 0.3) is 0 Å². The van der Waals surface area contributed by atoms with E-state index in [-0.39, 0.29) is 5.91 Å². The summed E-state index contributed by atoms with van der Waals surface area (Å²) in [7, 11) is 1.99. The first-order chi connectivity index (χ1) is 5.70. The number of hydrogen-bond acceptors (Lipinski definition) is 2. The van der Waals surface area contributed by atoms with Gasteiger partial charge in [0.2, 0.25) is 5.91 Å². The summed E-state index contributed by atoms with van der Waals surface area (Å²) in [6.07, 6.45) is 3.63. The minimum Gasteiger partial charge on any atom is -0.340 e. The highest BCUT2D eigenvalue weighted by atomic mass is 16.1. The standard InChI is InChI=1S/C9H18N2O/c1-4-6-7-11(3)8-10-9(12)5-2/h5H,2,4,6-8H2,1,3H3,(H,10,12). The van der Waals surface area contributed by atoms with Gasteiger partial charge < -0.3 is 5.32 Å². The molecule has 0 fully saturated rings. The molecule has 0 radical (unpaired) electrons. The van der Waals surface area contributed by atoms with Crippen molar-refractivity contribution in [2.24, 2.45) is 0 Å². The van der Waals surface area contributed by atoms with Crippen LogP contribution in [0.5, 0.6) is 0 Å². The quantitative estimate of drug-likeness (QED) is 0.476. The van der Waals surface area contributed by atoms with Crippen LogP contribution in [0.2, 0.25) is 0 Å². The van der Waals surface area contributed by atoms with E-state index in [0.717, 1.165) is 6.54 Å². The van der Waals surface area contributed by atoms with Crippen LogP contribution in [0.1, 0.15) is 19.8 Å². The van der Waals surface area contributed by atoms with Crippen LogP contribution in [0, 0.1) is 0 Å². The molecule has 3 nitrogen and oxygen atoms in total. The van der Waals surface area contributed by atoms with E-state index in [1.807, 2.05) is 7.05 Å². The molecule has 1 amide bonds. The van der Waals surface area contributed by atoms with E-state index in [9.17, 15) is 4.79 Å². The Balaban J connectivity index is 3.36. The number of carbonyl (C=O) groups is 1.